The molecule has 0 radical (unpaired) electrons. The molecule has 0 bridgehead atoms. The smallest absolute Gasteiger partial charge is 0.306 e. The van der Waals surface area contributed by atoms with Gasteiger partial charge in [0.2, 0.25) is 0 Å². The van der Waals surface area contributed by atoms with Crippen LogP contribution in [-0.2, 0) is 28.6 Å². The van der Waals surface area contributed by atoms with Gasteiger partial charge < -0.3 is 14.2 Å². The van der Waals surface area contributed by atoms with Gasteiger partial charge in [0.25, 0.3) is 0 Å². The second-order valence-corrected chi connectivity index (χ2v) is 15.7. The SMILES string of the molecule is CCCC/C=C\C/C=C\CCCCCCCC(=O)OC[C@@H](COC(=O)CCCCCCC/C=C\CCCC)OC(=O)CCCCCCC/C=C\CCCCCC. The molecule has 0 saturated heterocycles. The van der Waals surface area contributed by atoms with Crippen LogP contribution >= 0.6 is 0 Å². The molecule has 0 heterocycles. The van der Waals surface area contributed by atoms with Gasteiger partial charge in [-0.2, -0.15) is 0 Å². The van der Waals surface area contributed by atoms with E-state index in [1.54, 1.807) is 0 Å². The lowest BCUT2D eigenvalue weighted by Gasteiger charge is -2.18. The lowest BCUT2D eigenvalue weighted by atomic mass is 10.1. The average molecular weight is 785 g/mol. The highest BCUT2D eigenvalue weighted by molar-refractivity contribution is 5.71. The molecule has 0 aliphatic heterocycles. The monoisotopic (exact) mass is 785 g/mol. The van der Waals surface area contributed by atoms with Crippen molar-refractivity contribution in [3.8, 4) is 0 Å². The number of carbonyl (C=O) groups is 3. The Morgan fingerprint density at radius 1 is 0.357 bits per heavy atom. The summed E-state index contributed by atoms with van der Waals surface area (Å²) in [5, 5.41) is 0. The number of hydrogen-bond donors (Lipinski definition) is 0. The molecule has 0 saturated carbocycles. The number of rotatable bonds is 42. The summed E-state index contributed by atoms with van der Waals surface area (Å²) >= 11 is 0. The van der Waals surface area contributed by atoms with Gasteiger partial charge in [0.15, 0.2) is 6.10 Å². The van der Waals surface area contributed by atoms with Crippen molar-refractivity contribution in [2.45, 2.75) is 239 Å². The number of allylic oxidation sites excluding steroid dienone is 8. The Labute approximate surface area is 346 Å². The lowest BCUT2D eigenvalue weighted by Crippen LogP contribution is -2.30. The van der Waals surface area contributed by atoms with Crippen molar-refractivity contribution in [1.82, 2.24) is 0 Å². The fourth-order valence-corrected chi connectivity index (χ4v) is 6.37. The molecule has 1 atom stereocenters. The van der Waals surface area contributed by atoms with Crippen LogP contribution in [0.25, 0.3) is 0 Å². The summed E-state index contributed by atoms with van der Waals surface area (Å²) in [7, 11) is 0. The molecule has 0 amide bonds. The summed E-state index contributed by atoms with van der Waals surface area (Å²) in [5.41, 5.74) is 0. The van der Waals surface area contributed by atoms with E-state index < -0.39 is 6.10 Å². The van der Waals surface area contributed by atoms with Crippen LogP contribution in [0.15, 0.2) is 48.6 Å². The molecule has 0 N–H and O–H groups in total. The van der Waals surface area contributed by atoms with E-state index in [0.29, 0.717) is 19.3 Å². The predicted molar refractivity (Wildman–Crippen MR) is 238 cm³/mol. The summed E-state index contributed by atoms with van der Waals surface area (Å²) in [6, 6.07) is 0. The third-order valence-corrected chi connectivity index (χ3v) is 10.0. The van der Waals surface area contributed by atoms with Crippen LogP contribution in [0.1, 0.15) is 233 Å². The summed E-state index contributed by atoms with van der Waals surface area (Å²) in [6.07, 6.45) is 52.3. The Bertz CT molecular complexity index is 996. The van der Waals surface area contributed by atoms with Gasteiger partial charge in [-0.3, -0.25) is 14.4 Å². The molecule has 0 aliphatic carbocycles. The van der Waals surface area contributed by atoms with Gasteiger partial charge in [-0.05, 0) is 89.9 Å². The number of unbranched alkanes of at least 4 members (excludes halogenated alkanes) is 23. The molecular weight excluding hydrogens is 697 g/mol. The third kappa shape index (κ3) is 42.5. The third-order valence-electron chi connectivity index (χ3n) is 10.0. The van der Waals surface area contributed by atoms with E-state index in [-0.39, 0.29) is 31.1 Å². The standard InChI is InChI=1S/C50H88O6/c1-4-7-10-13-16-19-22-24-26-28-31-34-37-40-43-49(52)55-46-47(45-54-48(51)42-39-36-33-30-27-21-18-15-12-9-6-3)56-50(53)44-41-38-35-32-29-25-23-20-17-14-11-8-5-2/h13,15-16,18,20,22-24,47H,4-12,14,17,19,21,25-46H2,1-3H3/b16-13-,18-15-,23-20-,24-22-/t47-/m1/s1. The largest absolute Gasteiger partial charge is 0.462 e. The van der Waals surface area contributed by atoms with E-state index in [1.807, 2.05) is 0 Å². The summed E-state index contributed by atoms with van der Waals surface area (Å²) < 4.78 is 16.7. The highest BCUT2D eigenvalue weighted by atomic mass is 16.6. The number of carbonyl (C=O) groups excluding carboxylic acids is 3. The van der Waals surface area contributed by atoms with Crippen molar-refractivity contribution < 1.29 is 28.6 Å². The second kappa shape index (κ2) is 45.1. The highest BCUT2D eigenvalue weighted by Crippen LogP contribution is 2.13. The van der Waals surface area contributed by atoms with Gasteiger partial charge in [-0.15, -0.1) is 0 Å². The van der Waals surface area contributed by atoms with Crippen LogP contribution in [0.3, 0.4) is 0 Å². The topological polar surface area (TPSA) is 78.9 Å². The van der Waals surface area contributed by atoms with Gasteiger partial charge in [0.05, 0.1) is 0 Å². The lowest BCUT2D eigenvalue weighted by molar-refractivity contribution is -0.167. The van der Waals surface area contributed by atoms with Crippen LogP contribution in [0.4, 0.5) is 0 Å². The molecule has 324 valence electrons. The second-order valence-electron chi connectivity index (χ2n) is 15.7. The molecule has 0 aliphatic rings. The minimum absolute atomic E-state index is 0.0854. The van der Waals surface area contributed by atoms with Crippen LogP contribution in [0, 0.1) is 0 Å². The first-order valence-electron chi connectivity index (χ1n) is 23.6. The fraction of sp³-hybridized carbons (Fsp3) is 0.780. The van der Waals surface area contributed by atoms with Gasteiger partial charge in [0, 0.05) is 19.3 Å². The average Bonchev–Trinajstić information content (AvgIpc) is 3.19. The molecule has 0 fully saturated rings. The van der Waals surface area contributed by atoms with E-state index in [2.05, 4.69) is 69.4 Å². The Morgan fingerprint density at radius 2 is 0.661 bits per heavy atom. The summed E-state index contributed by atoms with van der Waals surface area (Å²) in [5.74, 6) is -0.918. The molecule has 0 unspecified atom stereocenters. The molecule has 0 aromatic carbocycles. The van der Waals surface area contributed by atoms with Gasteiger partial charge in [-0.25, -0.2) is 0 Å². The van der Waals surface area contributed by atoms with Crippen LogP contribution < -0.4 is 0 Å². The zero-order valence-corrected chi connectivity index (χ0v) is 36.9. The van der Waals surface area contributed by atoms with Crippen molar-refractivity contribution in [3.63, 3.8) is 0 Å². The molecule has 6 nitrogen and oxygen atoms in total. The van der Waals surface area contributed by atoms with E-state index in [4.69, 9.17) is 14.2 Å². The molecule has 56 heavy (non-hydrogen) atoms. The number of ether oxygens (including phenoxy) is 3. The zero-order chi connectivity index (χ0) is 40.8. The zero-order valence-electron chi connectivity index (χ0n) is 36.9. The normalized spacial score (nSPS) is 12.4. The molecule has 6 heteroatoms. The fourth-order valence-electron chi connectivity index (χ4n) is 6.37. The first-order valence-corrected chi connectivity index (χ1v) is 23.6. The van der Waals surface area contributed by atoms with Gasteiger partial charge in [0.1, 0.15) is 13.2 Å². The quantitative estimate of drug-likeness (QED) is 0.0265. The Kier molecular flexibility index (Phi) is 43.0. The number of esters is 3. The van der Waals surface area contributed by atoms with E-state index >= 15 is 0 Å². The Hall–Kier alpha value is -2.63. The minimum atomic E-state index is -0.783. The van der Waals surface area contributed by atoms with E-state index in [0.717, 1.165) is 96.3 Å². The van der Waals surface area contributed by atoms with Crippen molar-refractivity contribution in [3.05, 3.63) is 48.6 Å². The van der Waals surface area contributed by atoms with Crippen molar-refractivity contribution >= 4 is 17.9 Å². The summed E-state index contributed by atoms with van der Waals surface area (Å²) in [4.78, 5) is 37.8. The van der Waals surface area contributed by atoms with Crippen LogP contribution in [0.2, 0.25) is 0 Å². The molecule has 0 spiro atoms. The van der Waals surface area contributed by atoms with E-state index in [1.165, 1.54) is 96.3 Å². The predicted octanol–water partition coefficient (Wildman–Crippen LogP) is 15.1. The summed E-state index contributed by atoms with van der Waals surface area (Å²) in [6.45, 7) is 6.51. The number of hydrogen-bond acceptors (Lipinski definition) is 6. The Balaban J connectivity index is 4.42. The van der Waals surface area contributed by atoms with Crippen molar-refractivity contribution in [2.75, 3.05) is 13.2 Å². The first-order chi connectivity index (χ1) is 27.5. The first kappa shape index (κ1) is 53.4. The van der Waals surface area contributed by atoms with Crippen molar-refractivity contribution in [2.24, 2.45) is 0 Å². The van der Waals surface area contributed by atoms with Crippen molar-refractivity contribution in [1.29, 1.82) is 0 Å². The minimum Gasteiger partial charge on any atom is -0.462 e. The maximum absolute atomic E-state index is 12.7. The maximum atomic E-state index is 12.7. The van der Waals surface area contributed by atoms with E-state index in [9.17, 15) is 14.4 Å². The molecular formula is C50H88O6. The van der Waals surface area contributed by atoms with Crippen LogP contribution in [0.5, 0.6) is 0 Å². The maximum Gasteiger partial charge on any atom is 0.306 e. The van der Waals surface area contributed by atoms with Gasteiger partial charge in [-0.1, -0.05) is 172 Å². The highest BCUT2D eigenvalue weighted by Gasteiger charge is 2.19. The molecule has 0 aromatic rings. The Morgan fingerprint density at radius 3 is 1.05 bits per heavy atom. The molecule has 0 rings (SSSR count). The van der Waals surface area contributed by atoms with Crippen LogP contribution in [-0.4, -0.2) is 37.2 Å². The molecule has 0 aromatic heterocycles. The van der Waals surface area contributed by atoms with Gasteiger partial charge >= 0.3 is 17.9 Å².